The second-order valence-electron chi connectivity index (χ2n) is 5.65. The first-order valence-electron chi connectivity index (χ1n) is 7.53. The first-order chi connectivity index (χ1) is 10.9. The summed E-state index contributed by atoms with van der Waals surface area (Å²) in [5.74, 6) is -0.854. The number of rotatable bonds is 4. The van der Waals surface area contributed by atoms with Gasteiger partial charge in [-0.25, -0.2) is 4.79 Å². The minimum atomic E-state index is -0.872. The van der Waals surface area contributed by atoms with E-state index in [4.69, 9.17) is 4.74 Å². The SMILES string of the molecule is Cc1ccc(C(=O)OC(C)C(=O)Nc2cccc(C)c2C)cc1. The van der Waals surface area contributed by atoms with Gasteiger partial charge in [0.25, 0.3) is 5.91 Å². The summed E-state index contributed by atoms with van der Waals surface area (Å²) in [6.07, 6.45) is -0.872. The van der Waals surface area contributed by atoms with Crippen LogP contribution in [0.2, 0.25) is 0 Å². The van der Waals surface area contributed by atoms with Crippen LogP contribution < -0.4 is 5.32 Å². The molecule has 1 N–H and O–H groups in total. The second kappa shape index (κ2) is 7.09. The third-order valence-corrected chi connectivity index (χ3v) is 3.80. The molecule has 0 aliphatic rings. The summed E-state index contributed by atoms with van der Waals surface area (Å²) < 4.78 is 5.23. The highest BCUT2D eigenvalue weighted by atomic mass is 16.5. The normalized spacial score (nSPS) is 11.7. The van der Waals surface area contributed by atoms with Gasteiger partial charge in [0.2, 0.25) is 0 Å². The van der Waals surface area contributed by atoms with Crippen LogP contribution in [0.1, 0.15) is 34.0 Å². The fraction of sp³-hybridized carbons (Fsp3) is 0.263. The molecular formula is C19H21NO3. The zero-order valence-electron chi connectivity index (χ0n) is 13.8. The summed E-state index contributed by atoms with van der Waals surface area (Å²) in [4.78, 5) is 24.3. The smallest absolute Gasteiger partial charge is 0.338 e. The van der Waals surface area contributed by atoms with Gasteiger partial charge in [-0.05, 0) is 57.0 Å². The van der Waals surface area contributed by atoms with Gasteiger partial charge in [0.1, 0.15) is 0 Å². The van der Waals surface area contributed by atoms with Crippen LogP contribution in [0.4, 0.5) is 5.69 Å². The Bertz CT molecular complexity index is 720. The molecule has 0 heterocycles. The molecule has 4 heteroatoms. The van der Waals surface area contributed by atoms with Gasteiger partial charge in [-0.3, -0.25) is 4.79 Å². The van der Waals surface area contributed by atoms with E-state index in [1.54, 1.807) is 19.1 Å². The number of anilines is 1. The van der Waals surface area contributed by atoms with Gasteiger partial charge in [-0.2, -0.15) is 0 Å². The lowest BCUT2D eigenvalue weighted by molar-refractivity contribution is -0.123. The third-order valence-electron chi connectivity index (χ3n) is 3.80. The molecule has 0 aromatic heterocycles. The summed E-state index contributed by atoms with van der Waals surface area (Å²) in [5, 5.41) is 2.80. The molecule has 0 radical (unpaired) electrons. The van der Waals surface area contributed by atoms with Crippen LogP contribution in [-0.4, -0.2) is 18.0 Å². The zero-order valence-corrected chi connectivity index (χ0v) is 13.8. The number of carbonyl (C=O) groups excluding carboxylic acids is 2. The van der Waals surface area contributed by atoms with Crippen molar-refractivity contribution in [1.29, 1.82) is 0 Å². The lowest BCUT2D eigenvalue weighted by Gasteiger charge is -2.15. The highest BCUT2D eigenvalue weighted by Gasteiger charge is 2.19. The van der Waals surface area contributed by atoms with Crippen molar-refractivity contribution >= 4 is 17.6 Å². The van der Waals surface area contributed by atoms with Crippen molar-refractivity contribution in [2.45, 2.75) is 33.8 Å². The Morgan fingerprint density at radius 1 is 1.00 bits per heavy atom. The van der Waals surface area contributed by atoms with Crippen molar-refractivity contribution in [1.82, 2.24) is 0 Å². The molecule has 0 spiro atoms. The summed E-state index contributed by atoms with van der Waals surface area (Å²) in [6.45, 7) is 7.42. The molecule has 23 heavy (non-hydrogen) atoms. The van der Waals surface area contributed by atoms with Gasteiger partial charge in [-0.1, -0.05) is 29.8 Å². The van der Waals surface area contributed by atoms with Crippen LogP contribution in [0, 0.1) is 20.8 Å². The summed E-state index contributed by atoms with van der Waals surface area (Å²) >= 11 is 0. The van der Waals surface area contributed by atoms with Crippen molar-refractivity contribution in [2.75, 3.05) is 5.32 Å². The minimum absolute atomic E-state index is 0.348. The van der Waals surface area contributed by atoms with Crippen LogP contribution in [0.5, 0.6) is 0 Å². The molecule has 0 aliphatic heterocycles. The van der Waals surface area contributed by atoms with Gasteiger partial charge in [0, 0.05) is 5.69 Å². The van der Waals surface area contributed by atoms with E-state index in [1.807, 2.05) is 51.1 Å². The van der Waals surface area contributed by atoms with E-state index >= 15 is 0 Å². The lowest BCUT2D eigenvalue weighted by atomic mass is 10.1. The van der Waals surface area contributed by atoms with Gasteiger partial charge >= 0.3 is 5.97 Å². The molecule has 2 aromatic carbocycles. The summed E-state index contributed by atoms with van der Waals surface area (Å²) in [6, 6.07) is 12.7. The molecule has 0 bridgehead atoms. The van der Waals surface area contributed by atoms with Gasteiger partial charge < -0.3 is 10.1 Å². The first kappa shape index (κ1) is 16.7. The zero-order chi connectivity index (χ0) is 17.0. The van der Waals surface area contributed by atoms with E-state index in [-0.39, 0.29) is 5.91 Å². The van der Waals surface area contributed by atoms with Gasteiger partial charge in [0.15, 0.2) is 6.10 Å². The lowest BCUT2D eigenvalue weighted by Crippen LogP contribution is -2.30. The predicted octanol–water partition coefficient (Wildman–Crippen LogP) is 3.80. The maximum atomic E-state index is 12.2. The molecule has 4 nitrogen and oxygen atoms in total. The average Bonchev–Trinajstić information content (AvgIpc) is 2.52. The van der Waals surface area contributed by atoms with E-state index in [0.717, 1.165) is 22.4 Å². The number of benzene rings is 2. The highest BCUT2D eigenvalue weighted by molar-refractivity contribution is 5.97. The average molecular weight is 311 g/mol. The minimum Gasteiger partial charge on any atom is -0.449 e. The molecular weight excluding hydrogens is 290 g/mol. The number of carbonyl (C=O) groups is 2. The van der Waals surface area contributed by atoms with E-state index in [0.29, 0.717) is 5.56 Å². The standard InChI is InChI=1S/C19H21NO3/c1-12-8-10-16(11-9-12)19(22)23-15(4)18(21)20-17-7-5-6-13(2)14(17)3/h5-11,15H,1-4H3,(H,20,21). The van der Waals surface area contributed by atoms with Crippen LogP contribution in [0.25, 0.3) is 0 Å². The van der Waals surface area contributed by atoms with Crippen molar-refractivity contribution < 1.29 is 14.3 Å². The highest BCUT2D eigenvalue weighted by Crippen LogP contribution is 2.18. The Hall–Kier alpha value is -2.62. The number of esters is 1. The molecule has 2 rings (SSSR count). The van der Waals surface area contributed by atoms with Crippen LogP contribution in [-0.2, 0) is 9.53 Å². The van der Waals surface area contributed by atoms with Crippen molar-refractivity contribution in [3.63, 3.8) is 0 Å². The first-order valence-corrected chi connectivity index (χ1v) is 7.53. The molecule has 120 valence electrons. The van der Waals surface area contributed by atoms with Crippen molar-refractivity contribution in [2.24, 2.45) is 0 Å². The Morgan fingerprint density at radius 3 is 2.30 bits per heavy atom. The Balaban J connectivity index is 2.01. The van der Waals surface area contributed by atoms with Gasteiger partial charge in [0.05, 0.1) is 5.56 Å². The Labute approximate surface area is 136 Å². The maximum absolute atomic E-state index is 12.2. The Kier molecular flexibility index (Phi) is 5.16. The molecule has 0 saturated carbocycles. The number of ether oxygens (including phenoxy) is 1. The predicted molar refractivity (Wildman–Crippen MR) is 90.6 cm³/mol. The summed E-state index contributed by atoms with van der Waals surface area (Å²) in [7, 11) is 0. The van der Waals surface area contributed by atoms with E-state index in [2.05, 4.69) is 5.32 Å². The summed E-state index contributed by atoms with van der Waals surface area (Å²) in [5.41, 5.74) is 4.31. The monoisotopic (exact) mass is 311 g/mol. The fourth-order valence-corrected chi connectivity index (χ4v) is 2.09. The topological polar surface area (TPSA) is 55.4 Å². The molecule has 1 unspecified atom stereocenters. The number of nitrogens with one attached hydrogen (secondary N) is 1. The van der Waals surface area contributed by atoms with Gasteiger partial charge in [-0.15, -0.1) is 0 Å². The fourth-order valence-electron chi connectivity index (χ4n) is 2.09. The second-order valence-corrected chi connectivity index (χ2v) is 5.65. The molecule has 0 saturated heterocycles. The molecule has 1 atom stereocenters. The molecule has 2 aromatic rings. The molecule has 1 amide bonds. The van der Waals surface area contributed by atoms with E-state index in [1.165, 1.54) is 0 Å². The number of aryl methyl sites for hydroxylation is 2. The largest absolute Gasteiger partial charge is 0.449 e. The molecule has 0 fully saturated rings. The quantitative estimate of drug-likeness (QED) is 0.874. The molecule has 0 aliphatic carbocycles. The van der Waals surface area contributed by atoms with Crippen LogP contribution >= 0.6 is 0 Å². The van der Waals surface area contributed by atoms with Crippen LogP contribution in [0.3, 0.4) is 0 Å². The van der Waals surface area contributed by atoms with E-state index < -0.39 is 12.1 Å². The number of amides is 1. The van der Waals surface area contributed by atoms with E-state index in [9.17, 15) is 9.59 Å². The maximum Gasteiger partial charge on any atom is 0.338 e. The third kappa shape index (κ3) is 4.19. The Morgan fingerprint density at radius 2 is 1.65 bits per heavy atom. The number of hydrogen-bond donors (Lipinski definition) is 1. The van der Waals surface area contributed by atoms with Crippen molar-refractivity contribution in [3.05, 3.63) is 64.7 Å². The van der Waals surface area contributed by atoms with Crippen LogP contribution in [0.15, 0.2) is 42.5 Å². The van der Waals surface area contributed by atoms with Crippen molar-refractivity contribution in [3.8, 4) is 0 Å². The number of hydrogen-bond acceptors (Lipinski definition) is 3.